The van der Waals surface area contributed by atoms with Gasteiger partial charge in [-0.2, -0.15) is 0 Å². The standard InChI is InChI=1S/C21H38N6/c1-18-6-5-9-27(16-18)21-22-14-19(15-23-21)17-26-10-7-20(8-11-26)25(4)13-12-24(2)3/h14-15,18,20H,5-13,16-17H2,1-4H3. The molecule has 152 valence electrons. The minimum Gasteiger partial charge on any atom is -0.341 e. The van der Waals surface area contributed by atoms with Crippen molar-refractivity contribution < 1.29 is 0 Å². The van der Waals surface area contributed by atoms with Gasteiger partial charge in [-0.1, -0.05) is 6.92 Å². The van der Waals surface area contributed by atoms with Gasteiger partial charge >= 0.3 is 0 Å². The highest BCUT2D eigenvalue weighted by molar-refractivity contribution is 5.30. The van der Waals surface area contributed by atoms with E-state index in [0.29, 0.717) is 0 Å². The Kier molecular flexibility index (Phi) is 7.44. The molecule has 0 amide bonds. The Morgan fingerprint density at radius 3 is 2.33 bits per heavy atom. The molecular formula is C21H38N6. The SMILES string of the molecule is CC1CCCN(c2ncc(CN3CCC(N(C)CCN(C)C)CC3)cn2)C1. The van der Waals surface area contributed by atoms with Crippen LogP contribution in [0.5, 0.6) is 0 Å². The summed E-state index contributed by atoms with van der Waals surface area (Å²) in [7, 11) is 6.57. The van der Waals surface area contributed by atoms with Crippen LogP contribution in [-0.4, -0.2) is 91.1 Å². The normalized spacial score (nSPS) is 22.7. The lowest BCUT2D eigenvalue weighted by Gasteiger charge is -2.37. The van der Waals surface area contributed by atoms with Crippen molar-refractivity contribution in [3.63, 3.8) is 0 Å². The number of aromatic nitrogens is 2. The molecule has 0 radical (unpaired) electrons. The summed E-state index contributed by atoms with van der Waals surface area (Å²) < 4.78 is 0. The number of likely N-dealkylation sites (tertiary alicyclic amines) is 1. The van der Waals surface area contributed by atoms with E-state index in [9.17, 15) is 0 Å². The monoisotopic (exact) mass is 374 g/mol. The number of rotatable bonds is 7. The van der Waals surface area contributed by atoms with Gasteiger partial charge in [-0.05, 0) is 65.8 Å². The molecule has 6 nitrogen and oxygen atoms in total. The highest BCUT2D eigenvalue weighted by atomic mass is 15.3. The Morgan fingerprint density at radius 2 is 1.70 bits per heavy atom. The molecule has 0 saturated carbocycles. The van der Waals surface area contributed by atoms with Gasteiger partial charge in [-0.15, -0.1) is 0 Å². The molecule has 27 heavy (non-hydrogen) atoms. The lowest BCUT2D eigenvalue weighted by molar-refractivity contribution is 0.118. The first kappa shape index (κ1) is 20.5. The van der Waals surface area contributed by atoms with E-state index in [4.69, 9.17) is 0 Å². The smallest absolute Gasteiger partial charge is 0.225 e. The van der Waals surface area contributed by atoms with Crippen LogP contribution in [0.1, 0.15) is 38.2 Å². The van der Waals surface area contributed by atoms with Crippen LogP contribution in [0.4, 0.5) is 5.95 Å². The van der Waals surface area contributed by atoms with Crippen molar-refractivity contribution in [1.82, 2.24) is 24.7 Å². The maximum absolute atomic E-state index is 4.66. The molecule has 0 bridgehead atoms. The zero-order valence-electron chi connectivity index (χ0n) is 17.8. The first-order chi connectivity index (χ1) is 13.0. The first-order valence-corrected chi connectivity index (χ1v) is 10.6. The summed E-state index contributed by atoms with van der Waals surface area (Å²) in [6.07, 6.45) is 9.18. The van der Waals surface area contributed by atoms with Crippen molar-refractivity contribution >= 4 is 5.95 Å². The van der Waals surface area contributed by atoms with Crippen molar-refractivity contribution in [3.05, 3.63) is 18.0 Å². The van der Waals surface area contributed by atoms with Crippen LogP contribution in [0, 0.1) is 5.92 Å². The van der Waals surface area contributed by atoms with E-state index in [1.54, 1.807) is 0 Å². The summed E-state index contributed by atoms with van der Waals surface area (Å²) in [6, 6.07) is 0.723. The molecule has 1 aromatic heterocycles. The van der Waals surface area contributed by atoms with Crippen LogP contribution >= 0.6 is 0 Å². The molecule has 0 aromatic carbocycles. The zero-order valence-corrected chi connectivity index (χ0v) is 17.8. The second-order valence-electron chi connectivity index (χ2n) is 8.88. The largest absolute Gasteiger partial charge is 0.341 e. The van der Waals surface area contributed by atoms with Gasteiger partial charge in [0.25, 0.3) is 0 Å². The minimum absolute atomic E-state index is 0.723. The summed E-state index contributed by atoms with van der Waals surface area (Å²) >= 11 is 0. The second kappa shape index (κ2) is 9.80. The summed E-state index contributed by atoms with van der Waals surface area (Å²) in [5.41, 5.74) is 1.24. The fourth-order valence-corrected chi connectivity index (χ4v) is 4.28. The number of likely N-dealkylation sites (N-methyl/N-ethyl adjacent to an activating group) is 2. The van der Waals surface area contributed by atoms with Gasteiger partial charge in [0, 0.05) is 56.7 Å². The maximum atomic E-state index is 4.66. The molecule has 1 atom stereocenters. The van der Waals surface area contributed by atoms with Crippen LogP contribution in [-0.2, 0) is 6.54 Å². The van der Waals surface area contributed by atoms with Crippen LogP contribution in [0.2, 0.25) is 0 Å². The third-order valence-corrected chi connectivity index (χ3v) is 6.12. The van der Waals surface area contributed by atoms with Crippen LogP contribution in [0.25, 0.3) is 0 Å². The minimum atomic E-state index is 0.723. The zero-order chi connectivity index (χ0) is 19.2. The lowest BCUT2D eigenvalue weighted by Crippen LogP contribution is -2.44. The number of anilines is 1. The summed E-state index contributed by atoms with van der Waals surface area (Å²) in [5.74, 6) is 1.66. The fourth-order valence-electron chi connectivity index (χ4n) is 4.28. The number of hydrogen-bond donors (Lipinski definition) is 0. The van der Waals surface area contributed by atoms with Crippen LogP contribution in [0.15, 0.2) is 12.4 Å². The Bertz CT molecular complexity index is 552. The predicted octanol–water partition coefficient (Wildman–Crippen LogP) is 2.17. The third-order valence-electron chi connectivity index (χ3n) is 6.12. The van der Waals surface area contributed by atoms with E-state index in [2.05, 4.69) is 57.6 Å². The van der Waals surface area contributed by atoms with Gasteiger partial charge < -0.3 is 14.7 Å². The molecule has 3 heterocycles. The molecular weight excluding hydrogens is 336 g/mol. The van der Waals surface area contributed by atoms with Crippen molar-refractivity contribution in [3.8, 4) is 0 Å². The second-order valence-corrected chi connectivity index (χ2v) is 8.88. The average Bonchev–Trinajstić information content (AvgIpc) is 2.67. The molecule has 1 unspecified atom stereocenters. The molecule has 2 fully saturated rings. The average molecular weight is 375 g/mol. The van der Waals surface area contributed by atoms with Crippen molar-refractivity contribution in [1.29, 1.82) is 0 Å². The highest BCUT2D eigenvalue weighted by Gasteiger charge is 2.23. The van der Waals surface area contributed by atoms with Gasteiger partial charge in [0.05, 0.1) is 0 Å². The number of piperidine rings is 2. The quantitative estimate of drug-likeness (QED) is 0.728. The van der Waals surface area contributed by atoms with Crippen molar-refractivity contribution in [2.24, 2.45) is 5.92 Å². The molecule has 0 aliphatic carbocycles. The first-order valence-electron chi connectivity index (χ1n) is 10.6. The number of nitrogens with zero attached hydrogens (tertiary/aromatic N) is 6. The van der Waals surface area contributed by atoms with Crippen molar-refractivity contribution in [2.45, 2.75) is 45.2 Å². The van der Waals surface area contributed by atoms with Crippen LogP contribution < -0.4 is 4.90 Å². The highest BCUT2D eigenvalue weighted by Crippen LogP contribution is 2.20. The number of hydrogen-bond acceptors (Lipinski definition) is 6. The fraction of sp³-hybridized carbons (Fsp3) is 0.810. The van der Waals surface area contributed by atoms with Crippen LogP contribution in [0.3, 0.4) is 0 Å². The van der Waals surface area contributed by atoms with E-state index >= 15 is 0 Å². The van der Waals surface area contributed by atoms with Gasteiger partial charge in [0.1, 0.15) is 0 Å². The van der Waals surface area contributed by atoms with E-state index in [-0.39, 0.29) is 0 Å². The topological polar surface area (TPSA) is 38.7 Å². The molecule has 2 aliphatic heterocycles. The molecule has 2 saturated heterocycles. The van der Waals surface area contributed by atoms with Gasteiger partial charge in [-0.3, -0.25) is 4.90 Å². The van der Waals surface area contributed by atoms with E-state index < -0.39 is 0 Å². The Labute approximate surface area is 165 Å². The molecule has 2 aliphatic rings. The maximum Gasteiger partial charge on any atom is 0.225 e. The Morgan fingerprint density at radius 1 is 1.00 bits per heavy atom. The predicted molar refractivity (Wildman–Crippen MR) is 112 cm³/mol. The van der Waals surface area contributed by atoms with Crippen molar-refractivity contribution in [2.75, 3.05) is 65.3 Å². The van der Waals surface area contributed by atoms with E-state index in [1.165, 1.54) is 44.3 Å². The summed E-state index contributed by atoms with van der Waals surface area (Å²) in [6.45, 7) is 10.1. The summed E-state index contributed by atoms with van der Waals surface area (Å²) in [4.78, 5) is 19.0. The van der Waals surface area contributed by atoms with Gasteiger partial charge in [0.15, 0.2) is 0 Å². The third kappa shape index (κ3) is 6.13. The lowest BCUT2D eigenvalue weighted by atomic mass is 10.0. The molecule has 1 aromatic rings. The molecule has 0 N–H and O–H groups in total. The van der Waals surface area contributed by atoms with E-state index in [0.717, 1.165) is 50.6 Å². The molecule has 0 spiro atoms. The molecule has 3 rings (SSSR count). The van der Waals surface area contributed by atoms with E-state index in [1.807, 2.05) is 12.4 Å². The molecule has 6 heteroatoms. The Hall–Kier alpha value is -1.24. The van der Waals surface area contributed by atoms with Gasteiger partial charge in [0.2, 0.25) is 5.95 Å². The van der Waals surface area contributed by atoms with Gasteiger partial charge in [-0.25, -0.2) is 9.97 Å². The summed E-state index contributed by atoms with van der Waals surface area (Å²) in [5, 5.41) is 0. The Balaban J connectivity index is 1.43.